The van der Waals surface area contributed by atoms with Crippen LogP contribution >= 0.6 is 0 Å². The van der Waals surface area contributed by atoms with Gasteiger partial charge in [0.25, 0.3) is 0 Å². The van der Waals surface area contributed by atoms with Crippen LogP contribution in [-0.4, -0.2) is 10.9 Å². The van der Waals surface area contributed by atoms with Gasteiger partial charge in [0.15, 0.2) is 0 Å². The van der Waals surface area contributed by atoms with Crippen LogP contribution in [0.15, 0.2) is 36.5 Å². The molecule has 108 valence electrons. The summed E-state index contributed by atoms with van der Waals surface area (Å²) in [5, 5.41) is 3.39. The van der Waals surface area contributed by atoms with Gasteiger partial charge >= 0.3 is 0 Å². The zero-order chi connectivity index (χ0) is 14.8. The quantitative estimate of drug-likeness (QED) is 0.753. The van der Waals surface area contributed by atoms with E-state index in [0.717, 1.165) is 24.9 Å². The van der Waals surface area contributed by atoms with Crippen molar-refractivity contribution in [2.75, 3.05) is 11.1 Å². The van der Waals surface area contributed by atoms with Gasteiger partial charge in [-0.05, 0) is 54.7 Å². The van der Waals surface area contributed by atoms with Crippen LogP contribution in [0.25, 0.3) is 0 Å². The van der Waals surface area contributed by atoms with Crippen molar-refractivity contribution in [2.45, 2.75) is 25.3 Å². The molecule has 1 aromatic carbocycles. The van der Waals surface area contributed by atoms with Crippen molar-refractivity contribution in [3.8, 4) is 0 Å². The number of hydrogen-bond acceptors (Lipinski definition) is 4. The molecule has 0 saturated carbocycles. The maximum atomic E-state index is 11.2. The van der Waals surface area contributed by atoms with E-state index < -0.39 is 5.91 Å². The van der Waals surface area contributed by atoms with Crippen LogP contribution in [-0.2, 0) is 6.42 Å². The zero-order valence-corrected chi connectivity index (χ0v) is 11.7. The third-order valence-electron chi connectivity index (χ3n) is 3.85. The van der Waals surface area contributed by atoms with Crippen molar-refractivity contribution in [2.24, 2.45) is 5.73 Å². The summed E-state index contributed by atoms with van der Waals surface area (Å²) in [5.74, 6) is 0.221. The zero-order valence-electron chi connectivity index (χ0n) is 11.7. The van der Waals surface area contributed by atoms with Crippen LogP contribution in [0.5, 0.6) is 0 Å². The molecule has 0 fully saturated rings. The fourth-order valence-electron chi connectivity index (χ4n) is 2.83. The molecule has 5 heteroatoms. The number of anilines is 2. The minimum absolute atomic E-state index is 0.185. The van der Waals surface area contributed by atoms with Crippen LogP contribution in [0.4, 0.5) is 11.5 Å². The summed E-state index contributed by atoms with van der Waals surface area (Å²) in [6, 6.07) is 9.52. The Bertz CT molecular complexity index is 684. The van der Waals surface area contributed by atoms with Crippen LogP contribution in [0.2, 0.25) is 0 Å². The molecule has 1 atom stereocenters. The molecule has 0 saturated heterocycles. The van der Waals surface area contributed by atoms with E-state index in [0.29, 0.717) is 11.4 Å². The average Bonchev–Trinajstić information content (AvgIpc) is 2.47. The van der Waals surface area contributed by atoms with Gasteiger partial charge in [-0.15, -0.1) is 0 Å². The van der Waals surface area contributed by atoms with Crippen LogP contribution in [0.1, 0.15) is 40.4 Å². The van der Waals surface area contributed by atoms with E-state index in [-0.39, 0.29) is 6.04 Å². The average molecular weight is 282 g/mol. The Morgan fingerprint density at radius 1 is 1.29 bits per heavy atom. The maximum absolute atomic E-state index is 11.2. The van der Waals surface area contributed by atoms with Gasteiger partial charge in [-0.1, -0.05) is 6.07 Å². The molecule has 1 heterocycles. The molecule has 1 aliphatic rings. The summed E-state index contributed by atoms with van der Waals surface area (Å²) >= 11 is 0. The highest BCUT2D eigenvalue weighted by Gasteiger charge is 2.20. The van der Waals surface area contributed by atoms with Gasteiger partial charge in [0.05, 0.1) is 6.04 Å². The Balaban J connectivity index is 1.86. The predicted octanol–water partition coefficient (Wildman–Crippen LogP) is 2.25. The summed E-state index contributed by atoms with van der Waals surface area (Å²) in [4.78, 5) is 15.5. The number of carbonyl (C=O) groups excluding carboxylic acids is 1. The molecular formula is C16H18N4O. The molecule has 3 rings (SSSR count). The fourth-order valence-corrected chi connectivity index (χ4v) is 2.83. The maximum Gasteiger partial charge on any atom is 0.248 e. The number of nitrogens with one attached hydrogen (secondary N) is 1. The van der Waals surface area contributed by atoms with Crippen LogP contribution in [0.3, 0.4) is 0 Å². The van der Waals surface area contributed by atoms with Gasteiger partial charge < -0.3 is 16.8 Å². The summed E-state index contributed by atoms with van der Waals surface area (Å²) in [6.07, 6.45) is 4.77. The monoisotopic (exact) mass is 282 g/mol. The molecular weight excluding hydrogens is 264 g/mol. The second-order valence-corrected chi connectivity index (χ2v) is 5.34. The van der Waals surface area contributed by atoms with E-state index in [2.05, 4.69) is 16.4 Å². The highest BCUT2D eigenvalue weighted by Crippen LogP contribution is 2.33. The molecule has 1 unspecified atom stereocenters. The van der Waals surface area contributed by atoms with Crippen molar-refractivity contribution in [1.29, 1.82) is 0 Å². The third-order valence-corrected chi connectivity index (χ3v) is 3.85. The number of nitrogens with zero attached hydrogens (tertiary/aromatic N) is 1. The van der Waals surface area contributed by atoms with Gasteiger partial charge in [-0.3, -0.25) is 4.79 Å². The first-order chi connectivity index (χ1) is 10.1. The van der Waals surface area contributed by atoms with Gasteiger partial charge in [-0.2, -0.15) is 0 Å². The summed E-state index contributed by atoms with van der Waals surface area (Å²) in [6.45, 7) is 0. The molecule has 1 aromatic heterocycles. The second-order valence-electron chi connectivity index (χ2n) is 5.34. The molecule has 5 N–H and O–H groups in total. The number of benzene rings is 1. The number of hydrogen-bond donors (Lipinski definition) is 3. The standard InChI is InChI=1S/C16H18N4O/c17-12-4-5-13-10(8-12)2-1-3-14(13)20-15-9-11(16(18)21)6-7-19-15/h4-9,14H,1-3,17H2,(H2,18,21)(H,19,20). The number of nitrogens with two attached hydrogens (primary N) is 2. The molecule has 1 amide bonds. The van der Waals surface area contributed by atoms with Gasteiger partial charge in [0, 0.05) is 17.4 Å². The lowest BCUT2D eigenvalue weighted by atomic mass is 9.87. The van der Waals surface area contributed by atoms with Crippen molar-refractivity contribution in [3.63, 3.8) is 0 Å². The number of pyridine rings is 1. The summed E-state index contributed by atoms with van der Waals surface area (Å²) in [5.41, 5.74) is 14.9. The fraction of sp³-hybridized carbons (Fsp3) is 0.250. The van der Waals surface area contributed by atoms with Gasteiger partial charge in [0.2, 0.25) is 5.91 Å². The number of rotatable bonds is 3. The Morgan fingerprint density at radius 3 is 2.95 bits per heavy atom. The normalized spacial score (nSPS) is 17.0. The lowest BCUT2D eigenvalue weighted by molar-refractivity contribution is 0.1000. The Morgan fingerprint density at radius 2 is 2.14 bits per heavy atom. The smallest absolute Gasteiger partial charge is 0.248 e. The van der Waals surface area contributed by atoms with Crippen molar-refractivity contribution in [1.82, 2.24) is 4.98 Å². The molecule has 0 bridgehead atoms. The molecule has 1 aliphatic carbocycles. The first-order valence-electron chi connectivity index (χ1n) is 7.04. The highest BCUT2D eigenvalue weighted by molar-refractivity contribution is 5.93. The molecule has 0 spiro atoms. The van der Waals surface area contributed by atoms with E-state index >= 15 is 0 Å². The van der Waals surface area contributed by atoms with Crippen molar-refractivity contribution >= 4 is 17.4 Å². The number of carbonyl (C=O) groups is 1. The van der Waals surface area contributed by atoms with Crippen molar-refractivity contribution < 1.29 is 4.79 Å². The molecule has 0 radical (unpaired) electrons. The number of nitrogen functional groups attached to an aromatic ring is 1. The third kappa shape index (κ3) is 2.81. The van der Waals surface area contributed by atoms with Gasteiger partial charge in [-0.25, -0.2) is 4.98 Å². The first-order valence-corrected chi connectivity index (χ1v) is 7.04. The molecule has 21 heavy (non-hydrogen) atoms. The Labute approximate surface area is 123 Å². The topological polar surface area (TPSA) is 94.0 Å². The van der Waals surface area contributed by atoms with E-state index in [1.807, 2.05) is 12.1 Å². The van der Waals surface area contributed by atoms with E-state index in [4.69, 9.17) is 11.5 Å². The minimum atomic E-state index is -0.447. The number of fused-ring (bicyclic) bond motifs is 1. The lowest BCUT2D eigenvalue weighted by Gasteiger charge is -2.27. The van der Waals surface area contributed by atoms with Crippen LogP contribution < -0.4 is 16.8 Å². The summed E-state index contributed by atoms with van der Waals surface area (Å²) in [7, 11) is 0. The van der Waals surface area contributed by atoms with Gasteiger partial charge in [0.1, 0.15) is 5.82 Å². The predicted molar refractivity (Wildman–Crippen MR) is 82.9 cm³/mol. The van der Waals surface area contributed by atoms with E-state index in [9.17, 15) is 4.79 Å². The van der Waals surface area contributed by atoms with E-state index in [1.54, 1.807) is 18.3 Å². The first kappa shape index (κ1) is 13.4. The summed E-state index contributed by atoms with van der Waals surface area (Å²) < 4.78 is 0. The van der Waals surface area contributed by atoms with E-state index in [1.165, 1.54) is 11.1 Å². The number of aryl methyl sites for hydroxylation is 1. The number of aromatic nitrogens is 1. The molecule has 0 aliphatic heterocycles. The van der Waals surface area contributed by atoms with Crippen molar-refractivity contribution in [3.05, 3.63) is 53.2 Å². The largest absolute Gasteiger partial charge is 0.399 e. The van der Waals surface area contributed by atoms with Crippen LogP contribution in [0, 0.1) is 0 Å². The second kappa shape index (κ2) is 5.44. The lowest BCUT2D eigenvalue weighted by Crippen LogP contribution is -2.19. The minimum Gasteiger partial charge on any atom is -0.399 e. The number of primary amides is 1. The number of amides is 1. The Hall–Kier alpha value is -2.56. The molecule has 2 aromatic rings. The Kier molecular flexibility index (Phi) is 3.48. The highest BCUT2D eigenvalue weighted by atomic mass is 16.1. The SMILES string of the molecule is NC(=O)c1ccnc(NC2CCCc3cc(N)ccc32)c1. The molecule has 5 nitrogen and oxygen atoms in total.